The summed E-state index contributed by atoms with van der Waals surface area (Å²) in [5.41, 5.74) is 1.36. The number of hydrogen-bond donors (Lipinski definition) is 0. The third kappa shape index (κ3) is 6.78. The van der Waals surface area contributed by atoms with E-state index in [0.717, 1.165) is 12.5 Å². The van der Waals surface area contributed by atoms with Gasteiger partial charge in [-0.2, -0.15) is 0 Å². The van der Waals surface area contributed by atoms with Crippen LogP contribution < -0.4 is 0 Å². The van der Waals surface area contributed by atoms with E-state index in [2.05, 4.69) is 0 Å². The molecule has 0 fully saturated rings. The Bertz CT molecular complexity index is 781. The van der Waals surface area contributed by atoms with Crippen LogP contribution in [-0.4, -0.2) is 33.4 Å². The van der Waals surface area contributed by atoms with Crippen LogP contribution in [-0.2, 0) is 32.5 Å². The van der Waals surface area contributed by atoms with E-state index in [-0.39, 0.29) is 12.8 Å². The van der Waals surface area contributed by atoms with Gasteiger partial charge in [0.05, 0.1) is 0 Å². The summed E-state index contributed by atoms with van der Waals surface area (Å²) in [4.78, 5) is 0. The van der Waals surface area contributed by atoms with E-state index in [1.807, 2.05) is 39.8 Å². The number of sulfone groups is 2. The average molecular weight is 413 g/mol. The summed E-state index contributed by atoms with van der Waals surface area (Å²) in [6.07, 6.45) is 1.86. The molecule has 0 aromatic heterocycles. The Morgan fingerprint density at radius 3 is 1.07 bits per heavy atom. The lowest BCUT2D eigenvalue weighted by molar-refractivity contribution is 0.539. The highest BCUT2D eigenvalue weighted by molar-refractivity contribution is 8.09. The quantitative estimate of drug-likeness (QED) is 0.709. The summed E-state index contributed by atoms with van der Waals surface area (Å²) >= 11 is 0. The molecule has 2 aromatic rings. The van der Waals surface area contributed by atoms with Gasteiger partial charge in [-0.05, 0) is 11.1 Å². The maximum atomic E-state index is 12.5. The lowest BCUT2D eigenvalue weighted by Crippen LogP contribution is -2.49. The van der Waals surface area contributed by atoms with Crippen LogP contribution in [0.3, 0.4) is 0 Å². The summed E-state index contributed by atoms with van der Waals surface area (Å²) in [6, 6.07) is 17.7. The molecule has 0 atom stereocenters. The van der Waals surface area contributed by atoms with E-state index < -0.39 is 23.8 Å². The number of rotatable bonds is 6. The number of hydrogen-bond acceptors (Lipinski definition) is 4. The molecule has 0 amide bonds. The predicted molar refractivity (Wildman–Crippen MR) is 115 cm³/mol. The van der Waals surface area contributed by atoms with Gasteiger partial charge in [-0.3, -0.25) is 0 Å². The van der Waals surface area contributed by atoms with E-state index in [1.165, 1.54) is 0 Å². The smallest absolute Gasteiger partial charge is 0.180 e. The zero-order chi connectivity index (χ0) is 21.1. The predicted octanol–water partition coefficient (Wildman–Crippen LogP) is 4.31. The maximum absolute atomic E-state index is 12.5. The van der Waals surface area contributed by atoms with Crippen LogP contribution >= 0.6 is 0 Å². The third-order valence-electron chi connectivity index (χ3n) is 3.98. The second-order valence-corrected chi connectivity index (χ2v) is 10.7. The van der Waals surface area contributed by atoms with Crippen LogP contribution in [0, 0.1) is 0 Å². The standard InChI is InChI=1S/C17H20O4S2.2C2H6/c1-22(18,19)17(23(2,20)21,13-15-9-5-3-6-10-15)14-16-11-7-4-8-12-16;2*1-2/h3-12H,13-14H2,1-2H3;2*1-2H3. The second-order valence-electron chi connectivity index (χ2n) is 5.78. The van der Waals surface area contributed by atoms with E-state index in [9.17, 15) is 16.8 Å². The first-order valence-corrected chi connectivity index (χ1v) is 12.9. The van der Waals surface area contributed by atoms with Gasteiger partial charge in [0.2, 0.25) is 0 Å². The molecule has 0 N–H and O–H groups in total. The first kappa shape index (κ1) is 25.3. The van der Waals surface area contributed by atoms with Crippen LogP contribution in [0.4, 0.5) is 0 Å². The molecule has 0 heterocycles. The maximum Gasteiger partial charge on any atom is 0.180 e. The van der Waals surface area contributed by atoms with Crippen molar-refractivity contribution in [2.45, 2.75) is 44.6 Å². The monoisotopic (exact) mass is 412 g/mol. The van der Waals surface area contributed by atoms with E-state index in [0.29, 0.717) is 11.1 Å². The van der Waals surface area contributed by atoms with Crippen molar-refractivity contribution >= 4 is 19.7 Å². The largest absolute Gasteiger partial charge is 0.227 e. The minimum Gasteiger partial charge on any atom is -0.227 e. The van der Waals surface area contributed by atoms with Crippen molar-refractivity contribution in [3.63, 3.8) is 0 Å². The first-order chi connectivity index (χ1) is 12.7. The summed E-state index contributed by atoms with van der Waals surface area (Å²) in [5, 5.41) is 0. The van der Waals surface area contributed by atoms with Gasteiger partial charge in [0.1, 0.15) is 0 Å². The zero-order valence-corrected chi connectivity index (χ0v) is 18.8. The van der Waals surface area contributed by atoms with E-state index >= 15 is 0 Å². The van der Waals surface area contributed by atoms with Crippen molar-refractivity contribution in [1.82, 2.24) is 0 Å². The molecule has 0 bridgehead atoms. The fourth-order valence-electron chi connectivity index (χ4n) is 2.68. The second kappa shape index (κ2) is 11.2. The average Bonchev–Trinajstić information content (AvgIpc) is 2.64. The summed E-state index contributed by atoms with van der Waals surface area (Å²) < 4.78 is 48.2. The van der Waals surface area contributed by atoms with Gasteiger partial charge >= 0.3 is 0 Å². The molecule has 4 nitrogen and oxygen atoms in total. The van der Waals surface area contributed by atoms with Gasteiger partial charge in [-0.25, -0.2) is 16.8 Å². The molecule has 2 rings (SSSR count). The lowest BCUT2D eigenvalue weighted by atomic mass is 10.0. The van der Waals surface area contributed by atoms with Gasteiger partial charge in [-0.15, -0.1) is 0 Å². The van der Waals surface area contributed by atoms with Crippen LogP contribution in [0.5, 0.6) is 0 Å². The molecule has 6 heteroatoms. The topological polar surface area (TPSA) is 68.3 Å². The highest BCUT2D eigenvalue weighted by atomic mass is 32.3. The summed E-state index contributed by atoms with van der Waals surface area (Å²) in [6.45, 7) is 8.00. The molecule has 0 aliphatic carbocycles. The molecular weight excluding hydrogens is 380 g/mol. The van der Waals surface area contributed by atoms with Crippen molar-refractivity contribution in [2.75, 3.05) is 12.5 Å². The van der Waals surface area contributed by atoms with E-state index in [1.54, 1.807) is 48.5 Å². The minimum atomic E-state index is -3.87. The normalized spacial score (nSPS) is 11.5. The van der Waals surface area contributed by atoms with Crippen LogP contribution in [0.1, 0.15) is 38.8 Å². The fraction of sp³-hybridized carbons (Fsp3) is 0.429. The van der Waals surface area contributed by atoms with Gasteiger partial charge < -0.3 is 0 Å². The molecule has 0 aliphatic heterocycles. The molecule has 0 saturated carbocycles. The van der Waals surface area contributed by atoms with Gasteiger partial charge in [-0.1, -0.05) is 88.4 Å². The molecule has 0 saturated heterocycles. The highest BCUT2D eigenvalue weighted by Crippen LogP contribution is 2.32. The Hall–Kier alpha value is -1.66. The Balaban J connectivity index is 0.00000158. The van der Waals surface area contributed by atoms with Crippen LogP contribution in [0.2, 0.25) is 0 Å². The van der Waals surface area contributed by atoms with Crippen LogP contribution in [0.15, 0.2) is 60.7 Å². The SMILES string of the molecule is CC.CC.CS(=O)(=O)C(Cc1ccccc1)(Cc1ccccc1)S(C)(=O)=O. The van der Waals surface area contributed by atoms with Crippen molar-refractivity contribution in [2.24, 2.45) is 0 Å². The Kier molecular flexibility index (Phi) is 10.6. The number of benzene rings is 2. The van der Waals surface area contributed by atoms with Crippen molar-refractivity contribution in [3.05, 3.63) is 71.8 Å². The minimum absolute atomic E-state index is 0.0690. The summed E-state index contributed by atoms with van der Waals surface area (Å²) in [5.74, 6) is 0. The Labute approximate surface area is 165 Å². The summed E-state index contributed by atoms with van der Waals surface area (Å²) in [7, 11) is -7.74. The first-order valence-electron chi connectivity index (χ1n) is 9.13. The van der Waals surface area contributed by atoms with Crippen molar-refractivity contribution < 1.29 is 16.8 Å². The van der Waals surface area contributed by atoms with Gasteiger partial charge in [0.15, 0.2) is 23.8 Å². The lowest BCUT2D eigenvalue weighted by Gasteiger charge is -2.30. The van der Waals surface area contributed by atoms with Crippen molar-refractivity contribution in [1.29, 1.82) is 0 Å². The van der Waals surface area contributed by atoms with Crippen LogP contribution in [0.25, 0.3) is 0 Å². The molecule has 0 spiro atoms. The highest BCUT2D eigenvalue weighted by Gasteiger charge is 2.50. The van der Waals surface area contributed by atoms with Crippen molar-refractivity contribution in [3.8, 4) is 0 Å². The molecule has 152 valence electrons. The molecule has 0 aliphatic rings. The fourth-order valence-corrected chi connectivity index (χ4v) is 6.59. The molecule has 2 aromatic carbocycles. The van der Waals surface area contributed by atoms with Gasteiger partial charge in [0, 0.05) is 25.4 Å². The Morgan fingerprint density at radius 2 is 0.852 bits per heavy atom. The zero-order valence-electron chi connectivity index (χ0n) is 17.1. The molecular formula is C21H32O4S2. The van der Waals surface area contributed by atoms with Gasteiger partial charge in [0.25, 0.3) is 0 Å². The molecule has 0 unspecified atom stereocenters. The molecule has 27 heavy (non-hydrogen) atoms. The molecule has 0 radical (unpaired) electrons. The third-order valence-corrected chi connectivity index (χ3v) is 9.08. The Morgan fingerprint density at radius 1 is 0.593 bits per heavy atom. The van der Waals surface area contributed by atoms with E-state index in [4.69, 9.17) is 0 Å².